The summed E-state index contributed by atoms with van der Waals surface area (Å²) in [6.45, 7) is 6.09. The van der Waals surface area contributed by atoms with E-state index in [0.29, 0.717) is 0 Å². The molecule has 0 saturated carbocycles. The Morgan fingerprint density at radius 1 is 1.45 bits per heavy atom. The number of nitrogens with one attached hydrogen (secondary N) is 2. The number of hydrogen-bond donors (Lipinski definition) is 3. The van der Waals surface area contributed by atoms with Gasteiger partial charge in [-0.15, -0.1) is 0 Å². The molecule has 3 nitrogen and oxygen atoms in total. The van der Waals surface area contributed by atoms with Crippen LogP contribution in [-0.2, 0) is 0 Å². The smallest absolute Gasteiger partial charge is 0.0981 e. The zero-order valence-electron chi connectivity index (χ0n) is 7.15. The van der Waals surface area contributed by atoms with Crippen molar-refractivity contribution in [1.29, 1.82) is 0 Å². The summed E-state index contributed by atoms with van der Waals surface area (Å²) in [6, 6.07) is 0. The van der Waals surface area contributed by atoms with Crippen molar-refractivity contribution in [3.05, 3.63) is 12.0 Å². The van der Waals surface area contributed by atoms with Crippen molar-refractivity contribution >= 4 is 0 Å². The summed E-state index contributed by atoms with van der Waals surface area (Å²) in [6.07, 6.45) is 2.01. The van der Waals surface area contributed by atoms with Crippen molar-refractivity contribution in [1.82, 2.24) is 10.6 Å². The topological polar surface area (TPSA) is 44.3 Å². The second kappa shape index (κ2) is 3.13. The van der Waals surface area contributed by atoms with Crippen molar-refractivity contribution in [2.75, 3.05) is 13.1 Å². The van der Waals surface area contributed by atoms with Crippen molar-refractivity contribution in [3.8, 4) is 0 Å². The Bertz CT molecular complexity index is 163. The monoisotopic (exact) mass is 156 g/mol. The van der Waals surface area contributed by atoms with Crippen LogP contribution in [0.1, 0.15) is 20.3 Å². The van der Waals surface area contributed by atoms with E-state index in [1.807, 2.05) is 0 Å². The second-order valence-electron chi connectivity index (χ2n) is 3.57. The molecule has 0 spiro atoms. The molecule has 1 aliphatic heterocycles. The van der Waals surface area contributed by atoms with Crippen LogP contribution in [0.4, 0.5) is 0 Å². The zero-order valence-corrected chi connectivity index (χ0v) is 7.15. The third-order valence-corrected chi connectivity index (χ3v) is 1.87. The van der Waals surface area contributed by atoms with Crippen LogP contribution >= 0.6 is 0 Å². The standard InChI is InChI=1S/C8H16N2O/c1-8(2)5-7(6-11)9-3-4-10-8/h6,9-11H,3-5H2,1-2H3/b7-6-. The molecule has 0 unspecified atom stereocenters. The molecule has 1 rings (SSSR count). The minimum absolute atomic E-state index is 0.0953. The quantitative estimate of drug-likeness (QED) is 0.453. The molecular formula is C8H16N2O. The van der Waals surface area contributed by atoms with Gasteiger partial charge >= 0.3 is 0 Å². The largest absolute Gasteiger partial charge is 0.514 e. The van der Waals surface area contributed by atoms with Crippen LogP contribution in [0.25, 0.3) is 0 Å². The SMILES string of the molecule is CC1(C)C/C(=C/O)NCCN1. The van der Waals surface area contributed by atoms with E-state index in [-0.39, 0.29) is 5.54 Å². The van der Waals surface area contributed by atoms with Gasteiger partial charge in [0.2, 0.25) is 0 Å². The minimum Gasteiger partial charge on any atom is -0.514 e. The Morgan fingerprint density at radius 3 is 2.82 bits per heavy atom. The Kier molecular flexibility index (Phi) is 2.39. The summed E-state index contributed by atoms with van der Waals surface area (Å²) in [5.41, 5.74) is 1.01. The number of hydrogen-bond acceptors (Lipinski definition) is 3. The van der Waals surface area contributed by atoms with Gasteiger partial charge in [-0.1, -0.05) is 0 Å². The van der Waals surface area contributed by atoms with Crippen LogP contribution in [0, 0.1) is 0 Å². The number of aliphatic hydroxyl groups excluding tert-OH is 1. The van der Waals surface area contributed by atoms with Crippen LogP contribution in [0.15, 0.2) is 12.0 Å². The highest BCUT2D eigenvalue weighted by atomic mass is 16.2. The summed E-state index contributed by atoms with van der Waals surface area (Å²) in [7, 11) is 0. The Balaban J connectivity index is 2.61. The fraction of sp³-hybridized carbons (Fsp3) is 0.750. The predicted octanol–water partition coefficient (Wildman–Crippen LogP) is 0.747. The molecule has 0 amide bonds. The van der Waals surface area contributed by atoms with E-state index >= 15 is 0 Å². The van der Waals surface area contributed by atoms with Crippen molar-refractivity contribution < 1.29 is 5.11 Å². The molecule has 0 aromatic heterocycles. The average Bonchev–Trinajstić information content (AvgIpc) is 2.10. The maximum absolute atomic E-state index is 8.80. The summed E-state index contributed by atoms with van der Waals surface area (Å²) in [5.74, 6) is 0. The van der Waals surface area contributed by atoms with Gasteiger partial charge in [0, 0.05) is 30.7 Å². The highest BCUT2D eigenvalue weighted by molar-refractivity contribution is 5.03. The molecule has 0 aliphatic carbocycles. The van der Waals surface area contributed by atoms with E-state index in [4.69, 9.17) is 5.11 Å². The van der Waals surface area contributed by atoms with E-state index in [1.54, 1.807) is 0 Å². The Morgan fingerprint density at radius 2 is 2.18 bits per heavy atom. The van der Waals surface area contributed by atoms with Gasteiger partial charge in [-0.25, -0.2) is 0 Å². The first kappa shape index (κ1) is 8.40. The maximum atomic E-state index is 8.80. The number of rotatable bonds is 0. The normalized spacial score (nSPS) is 27.6. The van der Waals surface area contributed by atoms with Crippen molar-refractivity contribution in [2.45, 2.75) is 25.8 Å². The zero-order chi connectivity index (χ0) is 8.32. The fourth-order valence-corrected chi connectivity index (χ4v) is 1.32. The van der Waals surface area contributed by atoms with Gasteiger partial charge < -0.3 is 15.7 Å². The highest BCUT2D eigenvalue weighted by Crippen LogP contribution is 2.14. The molecule has 1 fully saturated rings. The maximum Gasteiger partial charge on any atom is 0.0981 e. The second-order valence-corrected chi connectivity index (χ2v) is 3.57. The van der Waals surface area contributed by atoms with Crippen LogP contribution < -0.4 is 10.6 Å². The molecule has 1 heterocycles. The molecule has 64 valence electrons. The predicted molar refractivity (Wildman–Crippen MR) is 45.4 cm³/mol. The van der Waals surface area contributed by atoms with Crippen LogP contribution in [0.5, 0.6) is 0 Å². The van der Waals surface area contributed by atoms with Crippen LogP contribution in [0.2, 0.25) is 0 Å². The Labute approximate surface area is 67.5 Å². The molecule has 0 radical (unpaired) electrons. The van der Waals surface area contributed by atoms with Crippen LogP contribution in [0.3, 0.4) is 0 Å². The summed E-state index contributed by atoms with van der Waals surface area (Å²) >= 11 is 0. The molecule has 0 aromatic carbocycles. The molecule has 1 aliphatic rings. The van der Waals surface area contributed by atoms with Crippen molar-refractivity contribution in [3.63, 3.8) is 0 Å². The molecule has 3 heteroatoms. The van der Waals surface area contributed by atoms with Gasteiger partial charge in [-0.05, 0) is 13.8 Å². The van der Waals surface area contributed by atoms with E-state index < -0.39 is 0 Å². The molecule has 3 N–H and O–H groups in total. The van der Waals surface area contributed by atoms with E-state index in [2.05, 4.69) is 24.5 Å². The third-order valence-electron chi connectivity index (χ3n) is 1.87. The lowest BCUT2D eigenvalue weighted by Gasteiger charge is -2.23. The lowest BCUT2D eigenvalue weighted by Crippen LogP contribution is -2.39. The Hall–Kier alpha value is -0.700. The van der Waals surface area contributed by atoms with Gasteiger partial charge in [-0.2, -0.15) is 0 Å². The first-order valence-corrected chi connectivity index (χ1v) is 3.96. The van der Waals surface area contributed by atoms with E-state index in [9.17, 15) is 0 Å². The molecule has 0 atom stereocenters. The van der Waals surface area contributed by atoms with Gasteiger partial charge in [0.15, 0.2) is 0 Å². The lowest BCUT2D eigenvalue weighted by molar-refractivity contribution is 0.397. The minimum atomic E-state index is 0.0953. The van der Waals surface area contributed by atoms with Gasteiger partial charge in [0.05, 0.1) is 6.26 Å². The van der Waals surface area contributed by atoms with Gasteiger partial charge in [-0.3, -0.25) is 0 Å². The molecule has 11 heavy (non-hydrogen) atoms. The van der Waals surface area contributed by atoms with Gasteiger partial charge in [0.1, 0.15) is 0 Å². The highest BCUT2D eigenvalue weighted by Gasteiger charge is 2.21. The van der Waals surface area contributed by atoms with Crippen LogP contribution in [-0.4, -0.2) is 23.7 Å². The van der Waals surface area contributed by atoms with Crippen molar-refractivity contribution in [2.24, 2.45) is 0 Å². The fourth-order valence-electron chi connectivity index (χ4n) is 1.32. The van der Waals surface area contributed by atoms with E-state index in [0.717, 1.165) is 31.5 Å². The third kappa shape index (κ3) is 2.42. The van der Waals surface area contributed by atoms with Gasteiger partial charge in [0.25, 0.3) is 0 Å². The average molecular weight is 156 g/mol. The summed E-state index contributed by atoms with van der Waals surface area (Å²) in [5, 5.41) is 15.3. The summed E-state index contributed by atoms with van der Waals surface area (Å²) < 4.78 is 0. The lowest BCUT2D eigenvalue weighted by atomic mass is 10.00. The van der Waals surface area contributed by atoms with E-state index in [1.165, 1.54) is 0 Å². The number of aliphatic hydroxyl groups is 1. The molecule has 0 aromatic rings. The molecule has 0 bridgehead atoms. The first-order chi connectivity index (χ1) is 5.14. The summed E-state index contributed by atoms with van der Waals surface area (Å²) in [4.78, 5) is 0. The molecule has 1 saturated heterocycles. The first-order valence-electron chi connectivity index (χ1n) is 3.96. The molecular weight excluding hydrogens is 140 g/mol.